The third kappa shape index (κ3) is 5.14. The summed E-state index contributed by atoms with van der Waals surface area (Å²) in [6.07, 6.45) is -1.50. The Balaban J connectivity index is 1.69. The summed E-state index contributed by atoms with van der Waals surface area (Å²) in [6, 6.07) is 1.97. The van der Waals surface area contributed by atoms with E-state index in [4.69, 9.17) is 11.6 Å². The van der Waals surface area contributed by atoms with Gasteiger partial charge in [0.1, 0.15) is 6.04 Å². The zero-order chi connectivity index (χ0) is 22.8. The number of urea groups is 1. The SMILES string of the molecule is O=C(O)C1C(CCc2ccccc2Cl)C(=O)N1C(=O)NC(C1CCCCC1)C(F)(F)F. The second-order valence-corrected chi connectivity index (χ2v) is 8.50. The Morgan fingerprint density at radius 3 is 2.42 bits per heavy atom. The van der Waals surface area contributed by atoms with Crippen LogP contribution in [0.5, 0.6) is 0 Å². The fraction of sp³-hybridized carbons (Fsp3) is 0.571. The van der Waals surface area contributed by atoms with Crippen molar-refractivity contribution in [2.24, 2.45) is 11.8 Å². The molecule has 170 valence electrons. The highest BCUT2D eigenvalue weighted by Crippen LogP contribution is 2.36. The van der Waals surface area contributed by atoms with E-state index in [-0.39, 0.29) is 6.42 Å². The second-order valence-electron chi connectivity index (χ2n) is 8.09. The van der Waals surface area contributed by atoms with Crippen molar-refractivity contribution in [2.75, 3.05) is 0 Å². The number of nitrogens with zero attached hydrogens (tertiary/aromatic N) is 1. The standard InChI is InChI=1S/C21H24ClF3N2O4/c22-15-9-5-4-6-12(15)10-11-14-16(19(29)30)27(18(14)28)20(31)26-17(21(23,24)25)13-7-2-1-3-8-13/h4-6,9,13-14,16-17H,1-3,7-8,10-11H2,(H,26,31)(H,29,30). The smallest absolute Gasteiger partial charge is 0.408 e. The molecule has 0 spiro atoms. The van der Waals surface area contributed by atoms with Crippen LogP contribution < -0.4 is 5.32 Å². The Labute approximate surface area is 182 Å². The van der Waals surface area contributed by atoms with E-state index in [0.29, 0.717) is 42.0 Å². The average Bonchev–Trinajstić information content (AvgIpc) is 2.71. The van der Waals surface area contributed by atoms with Gasteiger partial charge in [0.2, 0.25) is 5.91 Å². The largest absolute Gasteiger partial charge is 0.480 e. The number of carboxylic acid groups (broad SMARTS) is 1. The van der Waals surface area contributed by atoms with Gasteiger partial charge < -0.3 is 10.4 Å². The van der Waals surface area contributed by atoms with Crippen LogP contribution in [0.25, 0.3) is 0 Å². The lowest BCUT2D eigenvalue weighted by atomic mass is 9.82. The van der Waals surface area contributed by atoms with Crippen molar-refractivity contribution in [1.29, 1.82) is 0 Å². The highest BCUT2D eigenvalue weighted by molar-refractivity contribution is 6.31. The summed E-state index contributed by atoms with van der Waals surface area (Å²) in [7, 11) is 0. The van der Waals surface area contributed by atoms with E-state index in [0.717, 1.165) is 12.0 Å². The van der Waals surface area contributed by atoms with Crippen LogP contribution in [0.4, 0.5) is 18.0 Å². The molecular weight excluding hydrogens is 437 g/mol. The third-order valence-corrected chi connectivity index (χ3v) is 6.49. The number of likely N-dealkylation sites (tertiary alicyclic amines) is 1. The number of aryl methyl sites for hydroxylation is 1. The molecule has 1 aliphatic heterocycles. The van der Waals surface area contributed by atoms with Gasteiger partial charge in [-0.1, -0.05) is 49.1 Å². The average molecular weight is 461 g/mol. The molecule has 1 saturated carbocycles. The number of carbonyl (C=O) groups excluding carboxylic acids is 2. The van der Waals surface area contributed by atoms with Gasteiger partial charge in [-0.2, -0.15) is 13.2 Å². The van der Waals surface area contributed by atoms with E-state index < -0.39 is 48.0 Å². The number of imide groups is 1. The van der Waals surface area contributed by atoms with Crippen LogP contribution >= 0.6 is 11.6 Å². The summed E-state index contributed by atoms with van der Waals surface area (Å²) in [4.78, 5) is 37.1. The molecule has 1 heterocycles. The van der Waals surface area contributed by atoms with E-state index in [1.807, 2.05) is 5.32 Å². The predicted molar refractivity (Wildman–Crippen MR) is 106 cm³/mol. The van der Waals surface area contributed by atoms with Crippen molar-refractivity contribution >= 4 is 29.5 Å². The van der Waals surface area contributed by atoms with Crippen LogP contribution in [-0.4, -0.2) is 46.2 Å². The molecular formula is C21H24ClF3N2O4. The first kappa shape index (κ1) is 23.4. The molecule has 3 unspecified atom stereocenters. The number of β-lactam (4-membered cyclic amide) rings is 1. The van der Waals surface area contributed by atoms with Gasteiger partial charge in [-0.05, 0) is 43.2 Å². The van der Waals surface area contributed by atoms with E-state index >= 15 is 0 Å². The number of hydrogen-bond donors (Lipinski definition) is 2. The summed E-state index contributed by atoms with van der Waals surface area (Å²) in [5, 5.41) is 11.9. The minimum Gasteiger partial charge on any atom is -0.480 e. The summed E-state index contributed by atoms with van der Waals surface area (Å²) in [5.74, 6) is -4.01. The molecule has 0 aromatic heterocycles. The van der Waals surface area contributed by atoms with Crippen LogP contribution in [0.3, 0.4) is 0 Å². The van der Waals surface area contributed by atoms with Crippen LogP contribution in [0.2, 0.25) is 5.02 Å². The van der Waals surface area contributed by atoms with Gasteiger partial charge in [0.25, 0.3) is 0 Å². The van der Waals surface area contributed by atoms with Gasteiger partial charge in [0.05, 0.1) is 5.92 Å². The summed E-state index contributed by atoms with van der Waals surface area (Å²) in [6.45, 7) is 0. The van der Waals surface area contributed by atoms with Gasteiger partial charge >= 0.3 is 18.2 Å². The molecule has 2 N–H and O–H groups in total. The highest BCUT2D eigenvalue weighted by atomic mass is 35.5. The zero-order valence-corrected chi connectivity index (χ0v) is 17.5. The lowest BCUT2D eigenvalue weighted by Gasteiger charge is -2.44. The first-order valence-corrected chi connectivity index (χ1v) is 10.7. The van der Waals surface area contributed by atoms with Gasteiger partial charge in [-0.15, -0.1) is 0 Å². The fourth-order valence-electron chi connectivity index (χ4n) is 4.49. The maximum Gasteiger partial charge on any atom is 0.408 e. The number of halogens is 4. The molecule has 1 saturated heterocycles. The minimum atomic E-state index is -4.69. The molecule has 1 aromatic rings. The molecule has 3 rings (SSSR count). The van der Waals surface area contributed by atoms with E-state index in [9.17, 15) is 32.7 Å². The fourth-order valence-corrected chi connectivity index (χ4v) is 4.72. The number of aliphatic carboxylic acids is 1. The van der Waals surface area contributed by atoms with Crippen LogP contribution in [0.15, 0.2) is 24.3 Å². The van der Waals surface area contributed by atoms with Crippen LogP contribution in [0.1, 0.15) is 44.1 Å². The normalized spacial score (nSPS) is 23.2. The van der Waals surface area contributed by atoms with Gasteiger partial charge in [-0.25, -0.2) is 14.5 Å². The lowest BCUT2D eigenvalue weighted by molar-refractivity contribution is -0.173. The van der Waals surface area contributed by atoms with Crippen molar-refractivity contribution < 1.29 is 32.7 Å². The minimum absolute atomic E-state index is 0.120. The summed E-state index contributed by atoms with van der Waals surface area (Å²) < 4.78 is 40.7. The van der Waals surface area contributed by atoms with E-state index in [1.54, 1.807) is 24.3 Å². The number of amides is 3. The van der Waals surface area contributed by atoms with Gasteiger partial charge in [0.15, 0.2) is 6.04 Å². The molecule has 2 aliphatic rings. The van der Waals surface area contributed by atoms with Crippen molar-refractivity contribution in [2.45, 2.75) is 63.2 Å². The summed E-state index contributed by atoms with van der Waals surface area (Å²) >= 11 is 6.07. The highest BCUT2D eigenvalue weighted by Gasteiger charge is 2.56. The number of hydrogen-bond acceptors (Lipinski definition) is 3. The lowest BCUT2D eigenvalue weighted by Crippen LogP contribution is -2.69. The Morgan fingerprint density at radius 1 is 1.19 bits per heavy atom. The van der Waals surface area contributed by atoms with Gasteiger partial charge in [0, 0.05) is 5.02 Å². The number of carboxylic acids is 1. The topological polar surface area (TPSA) is 86.7 Å². The molecule has 0 radical (unpaired) electrons. The number of carbonyl (C=O) groups is 3. The first-order valence-electron chi connectivity index (χ1n) is 10.3. The maximum atomic E-state index is 13.6. The molecule has 3 amide bonds. The first-order chi connectivity index (χ1) is 14.6. The predicted octanol–water partition coefficient (Wildman–Crippen LogP) is 4.41. The van der Waals surface area contributed by atoms with Crippen molar-refractivity contribution in [3.63, 3.8) is 0 Å². The number of alkyl halides is 3. The van der Waals surface area contributed by atoms with Gasteiger partial charge in [-0.3, -0.25) is 4.79 Å². The zero-order valence-electron chi connectivity index (χ0n) is 16.7. The van der Waals surface area contributed by atoms with E-state index in [1.165, 1.54) is 0 Å². The van der Waals surface area contributed by atoms with Crippen molar-refractivity contribution in [1.82, 2.24) is 10.2 Å². The third-order valence-electron chi connectivity index (χ3n) is 6.12. The molecule has 2 fully saturated rings. The number of nitrogens with one attached hydrogen (secondary N) is 1. The molecule has 6 nitrogen and oxygen atoms in total. The summed E-state index contributed by atoms with van der Waals surface area (Å²) in [5.41, 5.74) is 0.721. The van der Waals surface area contributed by atoms with Crippen molar-refractivity contribution in [3.05, 3.63) is 34.9 Å². The Bertz CT molecular complexity index is 842. The second kappa shape index (κ2) is 9.46. The number of benzene rings is 1. The maximum absolute atomic E-state index is 13.6. The number of rotatable bonds is 6. The molecule has 31 heavy (non-hydrogen) atoms. The van der Waals surface area contributed by atoms with Crippen molar-refractivity contribution in [3.8, 4) is 0 Å². The Morgan fingerprint density at radius 2 is 1.84 bits per heavy atom. The Hall–Kier alpha value is -2.29. The monoisotopic (exact) mass is 460 g/mol. The van der Waals surface area contributed by atoms with E-state index in [2.05, 4.69) is 0 Å². The molecule has 10 heteroatoms. The van der Waals surface area contributed by atoms with Crippen LogP contribution in [0, 0.1) is 11.8 Å². The molecule has 0 bridgehead atoms. The quantitative estimate of drug-likeness (QED) is 0.616. The molecule has 1 aliphatic carbocycles. The Kier molecular flexibility index (Phi) is 7.13. The molecule has 3 atom stereocenters. The molecule has 1 aromatic carbocycles. The van der Waals surface area contributed by atoms with Crippen LogP contribution in [-0.2, 0) is 16.0 Å².